The Kier molecular flexibility index (Phi) is 4.71. The van der Waals surface area contributed by atoms with Crippen molar-refractivity contribution in [3.05, 3.63) is 66.2 Å². The molecule has 4 rings (SSSR count). The molecular formula is C21H24N4O. The third-order valence-corrected chi connectivity index (χ3v) is 5.26. The van der Waals surface area contributed by atoms with E-state index in [1.165, 1.54) is 0 Å². The van der Waals surface area contributed by atoms with Crippen molar-refractivity contribution in [1.29, 1.82) is 0 Å². The molecule has 5 heteroatoms. The number of amides is 1. The molecule has 0 unspecified atom stereocenters. The molecule has 2 heterocycles. The second-order valence-electron chi connectivity index (χ2n) is 6.83. The fraction of sp³-hybridized carbons (Fsp3) is 0.333. The highest BCUT2D eigenvalue weighted by Crippen LogP contribution is 2.20. The number of hydrogen-bond donors (Lipinski definition) is 0. The summed E-state index contributed by atoms with van der Waals surface area (Å²) in [6.07, 6.45) is 3.87. The maximum absolute atomic E-state index is 13.0. The van der Waals surface area contributed by atoms with Crippen LogP contribution >= 0.6 is 0 Å². The first kappa shape index (κ1) is 16.8. The second-order valence-corrected chi connectivity index (χ2v) is 6.83. The second kappa shape index (κ2) is 7.30. The van der Waals surface area contributed by atoms with Crippen LogP contribution in [-0.4, -0.2) is 58.0 Å². The molecule has 134 valence electrons. The molecule has 1 fully saturated rings. The normalized spacial score (nSPS) is 15.5. The van der Waals surface area contributed by atoms with Crippen molar-refractivity contribution in [2.45, 2.75) is 13.5 Å². The summed E-state index contributed by atoms with van der Waals surface area (Å²) < 4.78 is 2.17. The predicted octanol–water partition coefficient (Wildman–Crippen LogP) is 2.80. The molecule has 0 bridgehead atoms. The number of benzene rings is 2. The van der Waals surface area contributed by atoms with Gasteiger partial charge in [-0.2, -0.15) is 0 Å². The molecule has 1 aromatic heterocycles. The first-order valence-electron chi connectivity index (χ1n) is 9.19. The van der Waals surface area contributed by atoms with E-state index in [9.17, 15) is 4.79 Å². The minimum absolute atomic E-state index is 0.145. The third-order valence-electron chi connectivity index (χ3n) is 5.26. The molecule has 1 saturated heterocycles. The van der Waals surface area contributed by atoms with Gasteiger partial charge in [-0.05, 0) is 23.8 Å². The van der Waals surface area contributed by atoms with Gasteiger partial charge in [-0.3, -0.25) is 9.69 Å². The molecule has 0 spiro atoms. The molecule has 2 aromatic carbocycles. The Hall–Kier alpha value is -2.66. The van der Waals surface area contributed by atoms with Crippen LogP contribution in [0.3, 0.4) is 0 Å². The molecule has 3 aromatic rings. The molecule has 0 atom stereocenters. The van der Waals surface area contributed by atoms with Crippen molar-refractivity contribution in [1.82, 2.24) is 19.4 Å². The molecule has 0 radical (unpaired) electrons. The van der Waals surface area contributed by atoms with E-state index in [2.05, 4.69) is 26.6 Å². The van der Waals surface area contributed by atoms with Crippen molar-refractivity contribution in [2.75, 3.05) is 32.7 Å². The summed E-state index contributed by atoms with van der Waals surface area (Å²) in [5.74, 6) is 1.20. The number of rotatable bonds is 4. The Morgan fingerprint density at radius 1 is 1.00 bits per heavy atom. The summed E-state index contributed by atoms with van der Waals surface area (Å²) in [5, 5.41) is 2.16. The van der Waals surface area contributed by atoms with Crippen molar-refractivity contribution >= 4 is 16.7 Å². The number of nitrogens with zero attached hydrogens (tertiary/aromatic N) is 4. The van der Waals surface area contributed by atoms with Crippen LogP contribution in [-0.2, 0) is 6.54 Å². The van der Waals surface area contributed by atoms with Crippen LogP contribution in [0.25, 0.3) is 10.8 Å². The van der Waals surface area contributed by atoms with Gasteiger partial charge in [0, 0.05) is 57.2 Å². The van der Waals surface area contributed by atoms with Crippen molar-refractivity contribution < 1.29 is 4.79 Å². The number of aryl methyl sites for hydroxylation is 1. The minimum Gasteiger partial charge on any atom is -0.336 e. The lowest BCUT2D eigenvalue weighted by molar-refractivity contribution is 0.0635. The van der Waals surface area contributed by atoms with Crippen LogP contribution in [0.2, 0.25) is 0 Å². The molecule has 0 aliphatic carbocycles. The lowest BCUT2D eigenvalue weighted by Gasteiger charge is -2.35. The van der Waals surface area contributed by atoms with Crippen LogP contribution in [0.1, 0.15) is 16.2 Å². The molecular weight excluding hydrogens is 324 g/mol. The van der Waals surface area contributed by atoms with Crippen LogP contribution in [0.5, 0.6) is 0 Å². The number of carbonyl (C=O) groups is 1. The number of fused-ring (bicyclic) bond motifs is 1. The molecule has 5 nitrogen and oxygen atoms in total. The number of piperazine rings is 1. The first-order chi connectivity index (χ1) is 12.7. The van der Waals surface area contributed by atoms with E-state index in [4.69, 9.17) is 0 Å². The van der Waals surface area contributed by atoms with E-state index in [0.29, 0.717) is 0 Å². The van der Waals surface area contributed by atoms with Gasteiger partial charge < -0.3 is 9.47 Å². The van der Waals surface area contributed by atoms with E-state index < -0.39 is 0 Å². The highest BCUT2D eigenvalue weighted by molar-refractivity contribution is 6.07. The predicted molar refractivity (Wildman–Crippen MR) is 103 cm³/mol. The van der Waals surface area contributed by atoms with E-state index in [0.717, 1.165) is 61.4 Å². The summed E-state index contributed by atoms with van der Waals surface area (Å²) in [6.45, 7) is 7.38. The van der Waals surface area contributed by atoms with Gasteiger partial charge in [0.25, 0.3) is 5.91 Å². The lowest BCUT2D eigenvalue weighted by Crippen LogP contribution is -2.49. The summed E-state index contributed by atoms with van der Waals surface area (Å²) in [7, 11) is 0. The maximum atomic E-state index is 13.0. The van der Waals surface area contributed by atoms with Crippen LogP contribution in [0.4, 0.5) is 0 Å². The van der Waals surface area contributed by atoms with Gasteiger partial charge in [0.1, 0.15) is 5.82 Å². The maximum Gasteiger partial charge on any atom is 0.254 e. The molecule has 1 aliphatic rings. The number of carbonyl (C=O) groups excluding carboxylic acids is 1. The van der Waals surface area contributed by atoms with Gasteiger partial charge in [-0.1, -0.05) is 36.4 Å². The zero-order chi connectivity index (χ0) is 17.9. The largest absolute Gasteiger partial charge is 0.336 e. The monoisotopic (exact) mass is 348 g/mol. The summed E-state index contributed by atoms with van der Waals surface area (Å²) in [5.41, 5.74) is 0.811. The van der Waals surface area contributed by atoms with Gasteiger partial charge in [-0.25, -0.2) is 4.98 Å². The average Bonchev–Trinajstić information content (AvgIpc) is 3.10. The zero-order valence-corrected chi connectivity index (χ0v) is 15.1. The lowest BCUT2D eigenvalue weighted by atomic mass is 10.0. The highest BCUT2D eigenvalue weighted by atomic mass is 16.2. The van der Waals surface area contributed by atoms with Crippen LogP contribution < -0.4 is 0 Å². The fourth-order valence-corrected chi connectivity index (χ4v) is 3.65. The number of hydrogen-bond acceptors (Lipinski definition) is 3. The highest BCUT2D eigenvalue weighted by Gasteiger charge is 2.23. The molecule has 0 N–H and O–H groups in total. The van der Waals surface area contributed by atoms with E-state index in [1.54, 1.807) is 0 Å². The Morgan fingerprint density at radius 2 is 1.77 bits per heavy atom. The van der Waals surface area contributed by atoms with Gasteiger partial charge >= 0.3 is 0 Å². The molecule has 1 aliphatic heterocycles. The number of imidazole rings is 1. The van der Waals surface area contributed by atoms with Crippen molar-refractivity contribution in [3.8, 4) is 0 Å². The standard InChI is InChI=1S/C21H24N4O/c1-17-22-9-10-24(17)14-11-23-12-15-25(16-13-23)21(26)20-8-4-6-18-5-2-3-7-19(18)20/h2-10H,11-16H2,1H3. The van der Waals surface area contributed by atoms with Gasteiger partial charge in [-0.15, -0.1) is 0 Å². The van der Waals surface area contributed by atoms with Gasteiger partial charge in [0.05, 0.1) is 0 Å². The van der Waals surface area contributed by atoms with Crippen molar-refractivity contribution in [2.24, 2.45) is 0 Å². The Balaban J connectivity index is 1.38. The zero-order valence-electron chi connectivity index (χ0n) is 15.1. The van der Waals surface area contributed by atoms with Crippen LogP contribution in [0, 0.1) is 6.92 Å². The Bertz CT molecular complexity index is 904. The van der Waals surface area contributed by atoms with E-state index >= 15 is 0 Å². The average molecular weight is 348 g/mol. The van der Waals surface area contributed by atoms with Crippen molar-refractivity contribution in [3.63, 3.8) is 0 Å². The summed E-state index contributed by atoms with van der Waals surface area (Å²) in [4.78, 5) is 21.7. The third kappa shape index (κ3) is 3.35. The fourth-order valence-electron chi connectivity index (χ4n) is 3.65. The van der Waals surface area contributed by atoms with E-state index in [-0.39, 0.29) is 5.91 Å². The van der Waals surface area contributed by atoms with Gasteiger partial charge in [0.15, 0.2) is 0 Å². The molecule has 0 saturated carbocycles. The van der Waals surface area contributed by atoms with E-state index in [1.807, 2.05) is 54.5 Å². The molecule has 26 heavy (non-hydrogen) atoms. The first-order valence-corrected chi connectivity index (χ1v) is 9.19. The Labute approximate surface area is 153 Å². The summed E-state index contributed by atoms with van der Waals surface area (Å²) >= 11 is 0. The summed E-state index contributed by atoms with van der Waals surface area (Å²) in [6, 6.07) is 14.1. The van der Waals surface area contributed by atoms with Gasteiger partial charge in [0.2, 0.25) is 0 Å². The Morgan fingerprint density at radius 3 is 2.54 bits per heavy atom. The topological polar surface area (TPSA) is 41.4 Å². The minimum atomic E-state index is 0.145. The van der Waals surface area contributed by atoms with Crippen LogP contribution in [0.15, 0.2) is 54.9 Å². The SMILES string of the molecule is Cc1nccn1CCN1CCN(C(=O)c2cccc3ccccc23)CC1. The number of aromatic nitrogens is 2. The molecule has 1 amide bonds. The quantitative estimate of drug-likeness (QED) is 0.728. The smallest absolute Gasteiger partial charge is 0.254 e.